The minimum atomic E-state index is -0.0274. The number of urea groups is 1. The van der Waals surface area contributed by atoms with E-state index in [1.165, 1.54) is 0 Å². The van der Waals surface area contributed by atoms with Gasteiger partial charge in [0.05, 0.1) is 12.2 Å². The lowest BCUT2D eigenvalue weighted by atomic mass is 9.98. The van der Waals surface area contributed by atoms with E-state index in [-0.39, 0.29) is 12.6 Å². The number of thiazole rings is 1. The van der Waals surface area contributed by atoms with E-state index in [0.717, 1.165) is 34.0 Å². The number of aliphatic hydroxyl groups excluding tert-OH is 1. The first-order chi connectivity index (χ1) is 11.7. The number of nitrogens with one attached hydrogen (secondary N) is 1. The number of carbonyl (C=O) groups excluding carboxylic acids is 1. The maximum atomic E-state index is 12.3. The molecule has 128 valence electrons. The summed E-state index contributed by atoms with van der Waals surface area (Å²) in [6.45, 7) is 4.14. The quantitative estimate of drug-likeness (QED) is 0.895. The Morgan fingerprint density at radius 3 is 2.71 bits per heavy atom. The summed E-state index contributed by atoms with van der Waals surface area (Å²) in [6, 6.07) is 10.1. The van der Waals surface area contributed by atoms with Crippen molar-refractivity contribution >= 4 is 17.4 Å². The molecular formula is C18H23N3O2S. The molecule has 1 aromatic carbocycles. The van der Waals surface area contributed by atoms with Crippen LogP contribution >= 0.6 is 11.3 Å². The van der Waals surface area contributed by atoms with Crippen LogP contribution in [0.1, 0.15) is 23.4 Å². The number of aromatic nitrogens is 1. The normalized spacial score (nSPS) is 15.5. The number of aryl methyl sites for hydroxylation is 1. The van der Waals surface area contributed by atoms with Crippen LogP contribution in [0.15, 0.2) is 30.3 Å². The molecule has 6 heteroatoms. The lowest BCUT2D eigenvalue weighted by Gasteiger charge is -2.31. The number of likely N-dealkylation sites (tertiary alicyclic amines) is 1. The van der Waals surface area contributed by atoms with Crippen LogP contribution in [0.2, 0.25) is 0 Å². The van der Waals surface area contributed by atoms with Gasteiger partial charge in [0.2, 0.25) is 0 Å². The van der Waals surface area contributed by atoms with Crippen LogP contribution < -0.4 is 5.32 Å². The zero-order valence-electron chi connectivity index (χ0n) is 13.9. The highest BCUT2D eigenvalue weighted by Crippen LogP contribution is 2.27. The predicted octanol–water partition coefficient (Wildman–Crippen LogP) is 3.03. The number of benzene rings is 1. The fraction of sp³-hybridized carbons (Fsp3) is 0.444. The molecule has 2 amide bonds. The van der Waals surface area contributed by atoms with E-state index in [0.29, 0.717) is 25.6 Å². The molecule has 1 saturated heterocycles. The Bertz CT molecular complexity index is 679. The molecule has 0 spiro atoms. The van der Waals surface area contributed by atoms with Crippen molar-refractivity contribution in [3.05, 3.63) is 40.9 Å². The maximum absolute atomic E-state index is 12.3. The number of amides is 2. The number of rotatable bonds is 4. The van der Waals surface area contributed by atoms with E-state index in [2.05, 4.69) is 10.3 Å². The molecule has 3 rings (SSSR count). The highest BCUT2D eigenvalue weighted by molar-refractivity contribution is 7.15. The van der Waals surface area contributed by atoms with Gasteiger partial charge in [-0.05, 0) is 25.7 Å². The summed E-state index contributed by atoms with van der Waals surface area (Å²) in [4.78, 5) is 19.8. The van der Waals surface area contributed by atoms with Crippen LogP contribution in [0.4, 0.5) is 4.79 Å². The summed E-state index contributed by atoms with van der Waals surface area (Å²) in [5.74, 6) is 0.339. The number of piperidine rings is 1. The Kier molecular flexibility index (Phi) is 5.48. The Balaban J connectivity index is 1.57. The van der Waals surface area contributed by atoms with Gasteiger partial charge in [-0.25, -0.2) is 9.78 Å². The Labute approximate surface area is 146 Å². The van der Waals surface area contributed by atoms with Crippen molar-refractivity contribution in [3.63, 3.8) is 0 Å². The number of aliphatic hydroxyl groups is 1. The van der Waals surface area contributed by atoms with Gasteiger partial charge in [-0.3, -0.25) is 0 Å². The lowest BCUT2D eigenvalue weighted by molar-refractivity contribution is 0.137. The first-order valence-electron chi connectivity index (χ1n) is 8.32. The predicted molar refractivity (Wildman–Crippen MR) is 95.9 cm³/mol. The SMILES string of the molecule is Cc1nc(-c2ccccc2)sc1CNC(=O)N1CCC(CO)CC1. The molecule has 24 heavy (non-hydrogen) atoms. The molecule has 1 aliphatic rings. The molecule has 1 aromatic heterocycles. The summed E-state index contributed by atoms with van der Waals surface area (Å²) < 4.78 is 0. The second-order valence-electron chi connectivity index (χ2n) is 6.17. The molecule has 0 aliphatic carbocycles. The summed E-state index contributed by atoms with van der Waals surface area (Å²) in [7, 11) is 0. The average Bonchev–Trinajstić information content (AvgIpc) is 3.01. The van der Waals surface area contributed by atoms with Crippen molar-refractivity contribution in [2.45, 2.75) is 26.3 Å². The molecular weight excluding hydrogens is 322 g/mol. The number of hydrogen-bond acceptors (Lipinski definition) is 4. The number of nitrogens with zero attached hydrogens (tertiary/aromatic N) is 2. The first-order valence-corrected chi connectivity index (χ1v) is 9.14. The van der Waals surface area contributed by atoms with Crippen molar-refractivity contribution < 1.29 is 9.90 Å². The Hall–Kier alpha value is -1.92. The highest BCUT2D eigenvalue weighted by Gasteiger charge is 2.22. The molecule has 0 bridgehead atoms. The Morgan fingerprint density at radius 1 is 1.33 bits per heavy atom. The topological polar surface area (TPSA) is 65.5 Å². The van der Waals surface area contributed by atoms with Gasteiger partial charge in [0, 0.05) is 30.1 Å². The zero-order chi connectivity index (χ0) is 16.9. The van der Waals surface area contributed by atoms with Crippen LogP contribution in [0.25, 0.3) is 10.6 Å². The number of carbonyl (C=O) groups is 1. The second kappa shape index (κ2) is 7.77. The molecule has 1 fully saturated rings. The molecule has 2 N–H and O–H groups in total. The van der Waals surface area contributed by atoms with Crippen LogP contribution in [-0.4, -0.2) is 40.7 Å². The van der Waals surface area contributed by atoms with Crippen LogP contribution in [0.5, 0.6) is 0 Å². The van der Waals surface area contributed by atoms with Gasteiger partial charge in [0.1, 0.15) is 5.01 Å². The Morgan fingerprint density at radius 2 is 2.04 bits per heavy atom. The molecule has 0 atom stereocenters. The molecule has 5 nitrogen and oxygen atoms in total. The average molecular weight is 345 g/mol. The van der Waals surface area contributed by atoms with Gasteiger partial charge >= 0.3 is 6.03 Å². The summed E-state index contributed by atoms with van der Waals surface area (Å²) in [5, 5.41) is 13.2. The smallest absolute Gasteiger partial charge is 0.317 e. The largest absolute Gasteiger partial charge is 0.396 e. The molecule has 0 unspecified atom stereocenters. The van der Waals surface area contributed by atoms with Crippen molar-refractivity contribution in [2.24, 2.45) is 5.92 Å². The van der Waals surface area contributed by atoms with Gasteiger partial charge < -0.3 is 15.3 Å². The third-order valence-electron chi connectivity index (χ3n) is 4.47. The molecule has 1 aliphatic heterocycles. The fourth-order valence-electron chi connectivity index (χ4n) is 2.88. The second-order valence-corrected chi connectivity index (χ2v) is 7.25. The van der Waals surface area contributed by atoms with Crippen molar-refractivity contribution in [2.75, 3.05) is 19.7 Å². The van der Waals surface area contributed by atoms with Crippen LogP contribution in [-0.2, 0) is 6.54 Å². The van der Waals surface area contributed by atoms with Crippen molar-refractivity contribution in [1.82, 2.24) is 15.2 Å². The minimum Gasteiger partial charge on any atom is -0.396 e. The maximum Gasteiger partial charge on any atom is 0.317 e. The van der Waals surface area contributed by atoms with Gasteiger partial charge in [0.15, 0.2) is 0 Å². The zero-order valence-corrected chi connectivity index (χ0v) is 14.7. The first kappa shape index (κ1) is 16.9. The summed E-state index contributed by atoms with van der Waals surface area (Å²) in [6.07, 6.45) is 1.75. The van der Waals surface area contributed by atoms with E-state index < -0.39 is 0 Å². The fourth-order valence-corrected chi connectivity index (χ4v) is 3.89. The molecule has 2 aromatic rings. The third-order valence-corrected chi connectivity index (χ3v) is 5.68. The summed E-state index contributed by atoms with van der Waals surface area (Å²) in [5.41, 5.74) is 2.08. The number of hydrogen-bond donors (Lipinski definition) is 2. The van der Waals surface area contributed by atoms with Crippen molar-refractivity contribution in [3.8, 4) is 10.6 Å². The van der Waals surface area contributed by atoms with Gasteiger partial charge in [-0.1, -0.05) is 30.3 Å². The molecule has 0 radical (unpaired) electrons. The van der Waals surface area contributed by atoms with Gasteiger partial charge in [-0.2, -0.15) is 0 Å². The highest BCUT2D eigenvalue weighted by atomic mass is 32.1. The van der Waals surface area contributed by atoms with Gasteiger partial charge in [-0.15, -0.1) is 11.3 Å². The minimum absolute atomic E-state index is 0.0274. The molecule has 0 saturated carbocycles. The van der Waals surface area contributed by atoms with Gasteiger partial charge in [0.25, 0.3) is 0 Å². The lowest BCUT2D eigenvalue weighted by Crippen LogP contribution is -2.44. The standard InChI is InChI=1S/C18H23N3O2S/c1-13-16(24-17(20-13)15-5-3-2-4-6-15)11-19-18(23)21-9-7-14(12-22)8-10-21/h2-6,14,22H,7-12H2,1H3,(H,19,23). The van der Waals surface area contributed by atoms with E-state index in [9.17, 15) is 9.90 Å². The van der Waals surface area contributed by atoms with E-state index in [1.807, 2.05) is 42.2 Å². The summed E-state index contributed by atoms with van der Waals surface area (Å²) >= 11 is 1.63. The van der Waals surface area contributed by atoms with E-state index >= 15 is 0 Å². The van der Waals surface area contributed by atoms with E-state index in [4.69, 9.17) is 0 Å². The van der Waals surface area contributed by atoms with Crippen LogP contribution in [0.3, 0.4) is 0 Å². The monoisotopic (exact) mass is 345 g/mol. The molecule has 2 heterocycles. The van der Waals surface area contributed by atoms with E-state index in [1.54, 1.807) is 11.3 Å². The third kappa shape index (κ3) is 3.94. The van der Waals surface area contributed by atoms with Crippen molar-refractivity contribution in [1.29, 1.82) is 0 Å². The van der Waals surface area contributed by atoms with Crippen LogP contribution in [0, 0.1) is 12.8 Å².